The Kier molecular flexibility index (Phi) is 5.52. The molecule has 2 aromatic carbocycles. The van der Waals surface area contributed by atoms with Crippen molar-refractivity contribution in [2.75, 3.05) is 13.7 Å². The van der Waals surface area contributed by atoms with E-state index in [0.29, 0.717) is 18.0 Å². The summed E-state index contributed by atoms with van der Waals surface area (Å²) in [6.45, 7) is 4.97. The third-order valence-corrected chi connectivity index (χ3v) is 4.35. The molecule has 0 fully saturated rings. The highest BCUT2D eigenvalue weighted by atomic mass is 16.5. The number of rotatable bonds is 6. The van der Waals surface area contributed by atoms with Gasteiger partial charge in [-0.05, 0) is 48.7 Å². The maximum Gasteiger partial charge on any atom is 0.252 e. The SMILES string of the molecule is COc1ccc(-c2cc(C(=O)NCCC(C)C)c3ccccc3n2)cc1. The number of fused-ring (bicyclic) bond motifs is 1. The Labute approximate surface area is 154 Å². The monoisotopic (exact) mass is 348 g/mol. The normalized spacial score (nSPS) is 10.9. The van der Waals surface area contributed by atoms with E-state index in [-0.39, 0.29) is 5.91 Å². The van der Waals surface area contributed by atoms with Gasteiger partial charge in [0.25, 0.3) is 5.91 Å². The second kappa shape index (κ2) is 8.00. The molecule has 4 heteroatoms. The first-order valence-corrected chi connectivity index (χ1v) is 8.91. The Balaban J connectivity index is 1.99. The Hall–Kier alpha value is -2.88. The second-order valence-corrected chi connectivity index (χ2v) is 6.74. The minimum atomic E-state index is -0.0565. The Morgan fingerprint density at radius 2 is 1.85 bits per heavy atom. The Morgan fingerprint density at radius 3 is 2.54 bits per heavy atom. The maximum absolute atomic E-state index is 12.8. The lowest BCUT2D eigenvalue weighted by Gasteiger charge is -2.11. The predicted octanol–water partition coefficient (Wildman–Crippen LogP) is 4.69. The highest BCUT2D eigenvalue weighted by Gasteiger charge is 2.14. The summed E-state index contributed by atoms with van der Waals surface area (Å²) in [4.78, 5) is 17.5. The van der Waals surface area contributed by atoms with Gasteiger partial charge in [-0.25, -0.2) is 4.98 Å². The molecule has 1 amide bonds. The summed E-state index contributed by atoms with van der Waals surface area (Å²) in [5, 5.41) is 3.90. The average Bonchev–Trinajstić information content (AvgIpc) is 2.66. The molecule has 0 spiro atoms. The van der Waals surface area contributed by atoms with Gasteiger partial charge in [0.1, 0.15) is 5.75 Å². The number of ether oxygens (including phenoxy) is 1. The summed E-state index contributed by atoms with van der Waals surface area (Å²) in [5.74, 6) is 1.29. The zero-order valence-corrected chi connectivity index (χ0v) is 15.5. The summed E-state index contributed by atoms with van der Waals surface area (Å²) in [5.41, 5.74) is 3.20. The molecule has 0 unspecified atom stereocenters. The molecule has 3 rings (SSSR count). The van der Waals surface area contributed by atoms with Crippen LogP contribution in [0.2, 0.25) is 0 Å². The zero-order valence-electron chi connectivity index (χ0n) is 15.5. The van der Waals surface area contributed by atoms with Gasteiger partial charge in [0.15, 0.2) is 0 Å². The number of benzene rings is 2. The van der Waals surface area contributed by atoms with Gasteiger partial charge in [-0.15, -0.1) is 0 Å². The van der Waals surface area contributed by atoms with E-state index in [0.717, 1.165) is 34.3 Å². The molecule has 134 valence electrons. The molecule has 4 nitrogen and oxygen atoms in total. The van der Waals surface area contributed by atoms with Crippen LogP contribution in [0.4, 0.5) is 0 Å². The third kappa shape index (κ3) is 4.02. The number of para-hydroxylation sites is 1. The first-order valence-electron chi connectivity index (χ1n) is 8.91. The van der Waals surface area contributed by atoms with Crippen LogP contribution in [0.3, 0.4) is 0 Å². The molecule has 0 saturated carbocycles. The van der Waals surface area contributed by atoms with Crippen molar-refractivity contribution in [3.05, 3.63) is 60.2 Å². The molecule has 0 aliphatic heterocycles. The summed E-state index contributed by atoms with van der Waals surface area (Å²) in [6, 6.07) is 17.3. The maximum atomic E-state index is 12.8. The quantitative estimate of drug-likeness (QED) is 0.703. The van der Waals surface area contributed by atoms with E-state index >= 15 is 0 Å². The second-order valence-electron chi connectivity index (χ2n) is 6.74. The van der Waals surface area contributed by atoms with Crippen molar-refractivity contribution < 1.29 is 9.53 Å². The summed E-state index contributed by atoms with van der Waals surface area (Å²) >= 11 is 0. The van der Waals surface area contributed by atoms with Crippen molar-refractivity contribution in [3.63, 3.8) is 0 Å². The number of hydrogen-bond acceptors (Lipinski definition) is 3. The fourth-order valence-electron chi connectivity index (χ4n) is 2.84. The molecule has 0 aliphatic carbocycles. The van der Waals surface area contributed by atoms with Gasteiger partial charge in [0, 0.05) is 17.5 Å². The van der Waals surface area contributed by atoms with E-state index in [4.69, 9.17) is 9.72 Å². The number of carbonyl (C=O) groups excluding carboxylic acids is 1. The van der Waals surface area contributed by atoms with Gasteiger partial charge in [0.05, 0.1) is 23.9 Å². The highest BCUT2D eigenvalue weighted by molar-refractivity contribution is 6.07. The molecule has 0 bridgehead atoms. The molecule has 1 aromatic heterocycles. The summed E-state index contributed by atoms with van der Waals surface area (Å²) < 4.78 is 5.22. The van der Waals surface area contributed by atoms with Crippen LogP contribution in [-0.4, -0.2) is 24.5 Å². The van der Waals surface area contributed by atoms with E-state index in [1.165, 1.54) is 0 Å². The van der Waals surface area contributed by atoms with Crippen molar-refractivity contribution in [3.8, 4) is 17.0 Å². The van der Waals surface area contributed by atoms with Crippen LogP contribution in [0, 0.1) is 5.92 Å². The molecule has 0 aliphatic rings. The van der Waals surface area contributed by atoms with E-state index in [1.54, 1.807) is 7.11 Å². The molecule has 1 N–H and O–H groups in total. The van der Waals surface area contributed by atoms with Crippen LogP contribution < -0.4 is 10.1 Å². The fraction of sp³-hybridized carbons (Fsp3) is 0.273. The topological polar surface area (TPSA) is 51.2 Å². The lowest BCUT2D eigenvalue weighted by molar-refractivity contribution is 0.0953. The number of carbonyl (C=O) groups is 1. The first-order chi connectivity index (χ1) is 12.6. The first kappa shape index (κ1) is 17.9. The van der Waals surface area contributed by atoms with Gasteiger partial charge in [-0.3, -0.25) is 4.79 Å². The molecular weight excluding hydrogens is 324 g/mol. The predicted molar refractivity (Wildman–Crippen MR) is 106 cm³/mol. The van der Waals surface area contributed by atoms with Gasteiger partial charge >= 0.3 is 0 Å². The van der Waals surface area contributed by atoms with E-state index < -0.39 is 0 Å². The molecule has 0 radical (unpaired) electrons. The Bertz CT molecular complexity index is 902. The van der Waals surface area contributed by atoms with E-state index in [2.05, 4.69) is 19.2 Å². The van der Waals surface area contributed by atoms with Gasteiger partial charge in [-0.2, -0.15) is 0 Å². The highest BCUT2D eigenvalue weighted by Crippen LogP contribution is 2.26. The summed E-state index contributed by atoms with van der Waals surface area (Å²) in [7, 11) is 1.64. The van der Waals surface area contributed by atoms with Gasteiger partial charge < -0.3 is 10.1 Å². The van der Waals surface area contributed by atoms with Crippen molar-refractivity contribution in [2.45, 2.75) is 20.3 Å². The largest absolute Gasteiger partial charge is 0.497 e. The minimum absolute atomic E-state index is 0.0565. The fourth-order valence-corrected chi connectivity index (χ4v) is 2.84. The molecule has 3 aromatic rings. The van der Waals surface area contributed by atoms with E-state index in [1.807, 2.05) is 54.6 Å². The van der Waals surface area contributed by atoms with Gasteiger partial charge in [-0.1, -0.05) is 32.0 Å². The van der Waals surface area contributed by atoms with Crippen molar-refractivity contribution >= 4 is 16.8 Å². The molecule has 0 saturated heterocycles. The van der Waals surface area contributed by atoms with Crippen LogP contribution in [-0.2, 0) is 0 Å². The van der Waals surface area contributed by atoms with Crippen LogP contribution in [0.5, 0.6) is 5.75 Å². The molecule has 0 atom stereocenters. The molecular formula is C22H24N2O2. The number of amides is 1. The number of methoxy groups -OCH3 is 1. The van der Waals surface area contributed by atoms with Crippen molar-refractivity contribution in [1.82, 2.24) is 10.3 Å². The lowest BCUT2D eigenvalue weighted by atomic mass is 10.0. The van der Waals surface area contributed by atoms with Gasteiger partial charge in [0.2, 0.25) is 0 Å². The third-order valence-electron chi connectivity index (χ3n) is 4.35. The average molecular weight is 348 g/mol. The zero-order chi connectivity index (χ0) is 18.5. The van der Waals surface area contributed by atoms with Crippen molar-refractivity contribution in [2.24, 2.45) is 5.92 Å². The van der Waals surface area contributed by atoms with Crippen molar-refractivity contribution in [1.29, 1.82) is 0 Å². The van der Waals surface area contributed by atoms with Crippen LogP contribution >= 0.6 is 0 Å². The minimum Gasteiger partial charge on any atom is -0.497 e. The smallest absolute Gasteiger partial charge is 0.252 e. The lowest BCUT2D eigenvalue weighted by Crippen LogP contribution is -2.25. The Morgan fingerprint density at radius 1 is 1.12 bits per heavy atom. The molecule has 1 heterocycles. The van der Waals surface area contributed by atoms with E-state index in [9.17, 15) is 4.79 Å². The van der Waals surface area contributed by atoms with Crippen LogP contribution in [0.25, 0.3) is 22.2 Å². The number of nitrogens with one attached hydrogen (secondary N) is 1. The molecule has 26 heavy (non-hydrogen) atoms. The number of aromatic nitrogens is 1. The number of nitrogens with zero attached hydrogens (tertiary/aromatic N) is 1. The standard InChI is InChI=1S/C22H24N2O2/c1-15(2)12-13-23-22(25)19-14-21(16-8-10-17(26-3)11-9-16)24-20-7-5-4-6-18(19)20/h4-11,14-15H,12-13H2,1-3H3,(H,23,25). The number of pyridine rings is 1. The van der Waals surface area contributed by atoms with Crippen LogP contribution in [0.15, 0.2) is 54.6 Å². The summed E-state index contributed by atoms with van der Waals surface area (Å²) in [6.07, 6.45) is 0.958. The van der Waals surface area contributed by atoms with Crippen LogP contribution in [0.1, 0.15) is 30.6 Å². The number of hydrogen-bond donors (Lipinski definition) is 1.